The van der Waals surface area contributed by atoms with Gasteiger partial charge >= 0.3 is 57.1 Å². The Hall–Kier alpha value is 0.276. The number of hydrogen-bond acceptors (Lipinski definition) is 3. The van der Waals surface area contributed by atoms with Crippen LogP contribution in [0.1, 0.15) is 0 Å². The van der Waals surface area contributed by atoms with Gasteiger partial charge in [0.25, 0.3) is 0 Å². The average molecular weight is 232 g/mol. The molecule has 0 aliphatic heterocycles. The van der Waals surface area contributed by atoms with Gasteiger partial charge in [-0.1, -0.05) is 11.6 Å². The average Bonchev–Trinajstić information content (AvgIpc) is 2.00. The molecule has 0 unspecified atom stereocenters. The summed E-state index contributed by atoms with van der Waals surface area (Å²) in [6.45, 7) is 0. The molecular weight excluding hydrogens is 228 g/mol. The maximum atomic E-state index is 12.5. The minimum absolute atomic E-state index is 0. The number of nitrogens with zero attached hydrogens (tertiary/aromatic N) is 1. The molecule has 1 rings (SSSR count). The third-order valence-electron chi connectivity index (χ3n) is 1.24. The number of benzene rings is 1. The van der Waals surface area contributed by atoms with Crippen LogP contribution in [0.5, 0.6) is 5.75 Å². The van der Waals surface area contributed by atoms with E-state index in [-0.39, 0.29) is 51.4 Å². The van der Waals surface area contributed by atoms with Crippen molar-refractivity contribution in [3.05, 3.63) is 33.1 Å². The van der Waals surface area contributed by atoms with E-state index in [0.29, 0.717) is 0 Å². The molecule has 0 aromatic heterocycles. The SMILES string of the molecule is O=[N+]([O-])c1ccc(F)c(Cl)c1O.[KH]. The Balaban J connectivity index is 0.00000144. The molecule has 0 amide bonds. The van der Waals surface area contributed by atoms with Gasteiger partial charge in [0.1, 0.15) is 10.8 Å². The van der Waals surface area contributed by atoms with Crippen LogP contribution >= 0.6 is 11.6 Å². The molecule has 1 aromatic carbocycles. The third kappa shape index (κ3) is 2.86. The molecule has 0 spiro atoms. The molecular formula is C6H4ClFKNO3. The van der Waals surface area contributed by atoms with Crippen LogP contribution in [0.4, 0.5) is 10.1 Å². The molecule has 0 saturated carbocycles. The van der Waals surface area contributed by atoms with Crippen LogP contribution in [-0.2, 0) is 0 Å². The number of nitro groups is 1. The van der Waals surface area contributed by atoms with Gasteiger partial charge in [0.05, 0.1) is 4.92 Å². The Morgan fingerprint density at radius 1 is 1.54 bits per heavy atom. The Kier molecular flexibility index (Phi) is 5.34. The molecule has 13 heavy (non-hydrogen) atoms. The Labute approximate surface area is 120 Å². The van der Waals surface area contributed by atoms with Crippen LogP contribution in [0.3, 0.4) is 0 Å². The molecule has 4 nitrogen and oxygen atoms in total. The van der Waals surface area contributed by atoms with Gasteiger partial charge < -0.3 is 5.11 Å². The summed E-state index contributed by atoms with van der Waals surface area (Å²) < 4.78 is 12.5. The Bertz CT molecular complexity index is 347. The zero-order valence-corrected chi connectivity index (χ0v) is 6.38. The van der Waals surface area contributed by atoms with Gasteiger partial charge in [-0.3, -0.25) is 10.1 Å². The third-order valence-corrected chi connectivity index (χ3v) is 1.60. The second kappa shape index (κ2) is 5.23. The van der Waals surface area contributed by atoms with Crippen LogP contribution in [0.2, 0.25) is 5.02 Å². The fraction of sp³-hybridized carbons (Fsp3) is 0. The molecule has 0 saturated heterocycles. The molecule has 0 aliphatic carbocycles. The van der Waals surface area contributed by atoms with Gasteiger partial charge in [-0.05, 0) is 6.07 Å². The number of hydrogen-bond donors (Lipinski definition) is 1. The number of halogens is 2. The van der Waals surface area contributed by atoms with Gasteiger partial charge in [0.2, 0.25) is 5.75 Å². The summed E-state index contributed by atoms with van der Waals surface area (Å²) in [4.78, 5) is 9.30. The van der Waals surface area contributed by atoms with Crippen molar-refractivity contribution in [2.45, 2.75) is 0 Å². The van der Waals surface area contributed by atoms with E-state index in [2.05, 4.69) is 0 Å². The second-order valence-electron chi connectivity index (χ2n) is 1.99. The van der Waals surface area contributed by atoms with Crippen LogP contribution in [0.15, 0.2) is 12.1 Å². The van der Waals surface area contributed by atoms with Crippen molar-refractivity contribution in [2.24, 2.45) is 0 Å². The van der Waals surface area contributed by atoms with Crippen LogP contribution < -0.4 is 0 Å². The summed E-state index contributed by atoms with van der Waals surface area (Å²) in [7, 11) is 0. The summed E-state index contributed by atoms with van der Waals surface area (Å²) in [6.07, 6.45) is 0. The summed E-state index contributed by atoms with van der Waals surface area (Å²) in [5.74, 6) is -1.73. The molecule has 1 aromatic rings. The number of phenols is 1. The maximum absolute atomic E-state index is 12.5. The molecule has 7 heteroatoms. The molecule has 0 atom stereocenters. The summed E-state index contributed by atoms with van der Waals surface area (Å²) in [6, 6.07) is 1.66. The Morgan fingerprint density at radius 2 is 2.08 bits per heavy atom. The van der Waals surface area contributed by atoms with Crippen LogP contribution in [-0.4, -0.2) is 61.4 Å². The van der Waals surface area contributed by atoms with Crippen molar-refractivity contribution in [3.8, 4) is 5.75 Å². The molecule has 0 heterocycles. The molecule has 66 valence electrons. The van der Waals surface area contributed by atoms with Gasteiger partial charge in [-0.25, -0.2) is 4.39 Å². The van der Waals surface area contributed by atoms with E-state index < -0.39 is 27.2 Å². The molecule has 0 fully saturated rings. The quantitative estimate of drug-likeness (QED) is 0.452. The number of phenolic OH excluding ortho intramolecular Hbond substituents is 1. The molecule has 0 aliphatic rings. The summed E-state index contributed by atoms with van der Waals surface area (Å²) in [5.41, 5.74) is -0.610. The number of nitro benzene ring substituents is 1. The fourth-order valence-electron chi connectivity index (χ4n) is 0.677. The zero-order chi connectivity index (χ0) is 9.30. The molecule has 0 radical (unpaired) electrons. The van der Waals surface area contributed by atoms with E-state index >= 15 is 0 Å². The Morgan fingerprint density at radius 3 is 2.54 bits per heavy atom. The predicted octanol–water partition coefficient (Wildman–Crippen LogP) is 1.44. The molecule has 1 N–H and O–H groups in total. The van der Waals surface area contributed by atoms with E-state index in [0.717, 1.165) is 12.1 Å². The van der Waals surface area contributed by atoms with Crippen molar-refractivity contribution in [3.63, 3.8) is 0 Å². The first kappa shape index (κ1) is 13.3. The van der Waals surface area contributed by atoms with E-state index in [4.69, 9.17) is 16.7 Å². The number of rotatable bonds is 1. The monoisotopic (exact) mass is 231 g/mol. The topological polar surface area (TPSA) is 63.4 Å². The van der Waals surface area contributed by atoms with E-state index in [1.807, 2.05) is 0 Å². The van der Waals surface area contributed by atoms with Crippen molar-refractivity contribution in [2.75, 3.05) is 0 Å². The van der Waals surface area contributed by atoms with Crippen molar-refractivity contribution >= 4 is 68.7 Å². The van der Waals surface area contributed by atoms with E-state index in [1.54, 1.807) is 0 Å². The van der Waals surface area contributed by atoms with Crippen molar-refractivity contribution in [1.29, 1.82) is 0 Å². The zero-order valence-electron chi connectivity index (χ0n) is 5.62. The summed E-state index contributed by atoms with van der Waals surface area (Å²) >= 11 is 5.20. The van der Waals surface area contributed by atoms with E-state index in [1.165, 1.54) is 0 Å². The minimum atomic E-state index is -0.889. The molecule has 0 bridgehead atoms. The first-order valence-electron chi connectivity index (χ1n) is 2.85. The van der Waals surface area contributed by atoms with Crippen molar-refractivity contribution < 1.29 is 14.4 Å². The van der Waals surface area contributed by atoms with Gasteiger partial charge in [0.15, 0.2) is 0 Å². The first-order valence-corrected chi connectivity index (χ1v) is 3.23. The van der Waals surface area contributed by atoms with Crippen LogP contribution in [0.25, 0.3) is 0 Å². The van der Waals surface area contributed by atoms with Crippen LogP contribution in [0, 0.1) is 15.9 Å². The van der Waals surface area contributed by atoms with E-state index in [9.17, 15) is 14.5 Å². The van der Waals surface area contributed by atoms with Crippen molar-refractivity contribution in [1.82, 2.24) is 0 Å². The second-order valence-corrected chi connectivity index (χ2v) is 2.36. The predicted molar refractivity (Wildman–Crippen MR) is 46.9 cm³/mol. The normalized spacial score (nSPS) is 9.08. The number of aromatic hydroxyl groups is 1. The summed E-state index contributed by atoms with van der Waals surface area (Å²) in [5, 5.41) is 18.4. The van der Waals surface area contributed by atoms with Gasteiger partial charge in [-0.15, -0.1) is 0 Å². The van der Waals surface area contributed by atoms with Gasteiger partial charge in [-0.2, -0.15) is 0 Å². The standard InChI is InChI=1S/C6H3ClFNO3.K.H/c7-5-3(8)1-2-4(6(5)10)9(11)12;;/h1-2,10H;;. The van der Waals surface area contributed by atoms with Gasteiger partial charge in [0, 0.05) is 6.07 Å². The first-order chi connectivity index (χ1) is 5.54. The fourth-order valence-corrected chi connectivity index (χ4v) is 0.837.